The van der Waals surface area contributed by atoms with Gasteiger partial charge in [0.2, 0.25) is 5.91 Å². The quantitative estimate of drug-likeness (QED) is 0.492. The number of hydrogen-bond donors (Lipinski definition) is 2. The van der Waals surface area contributed by atoms with Gasteiger partial charge in [-0.3, -0.25) is 4.79 Å². The largest absolute Gasteiger partial charge is 0.380 e. The average Bonchev–Trinajstić information content (AvgIpc) is 3.08. The minimum atomic E-state index is -4.01. The predicted octanol–water partition coefficient (Wildman–Crippen LogP) is 4.97. The second-order valence-electron chi connectivity index (χ2n) is 10.8. The van der Waals surface area contributed by atoms with Crippen molar-refractivity contribution in [3.05, 3.63) is 29.3 Å². The first-order chi connectivity index (χ1) is 15.7. The van der Waals surface area contributed by atoms with Crippen LogP contribution >= 0.6 is 0 Å². The summed E-state index contributed by atoms with van der Waals surface area (Å²) >= 11 is 0. The summed E-state index contributed by atoms with van der Waals surface area (Å²) in [6.45, 7) is 4.62. The maximum absolute atomic E-state index is 12.7. The van der Waals surface area contributed by atoms with Gasteiger partial charge in [0.05, 0.1) is 0 Å². The highest BCUT2D eigenvalue weighted by atomic mass is 32.2. The van der Waals surface area contributed by atoms with E-state index in [1.807, 2.05) is 12.1 Å². The zero-order valence-electron chi connectivity index (χ0n) is 20.1. The molecule has 2 fully saturated rings. The minimum Gasteiger partial charge on any atom is -0.371 e. The van der Waals surface area contributed by atoms with Gasteiger partial charge in [-0.25, -0.2) is 0 Å². The minimum absolute atomic E-state index is 0.174. The number of amides is 1. The molecule has 1 aromatic carbocycles. The van der Waals surface area contributed by atoms with E-state index in [9.17, 15) is 13.2 Å². The van der Waals surface area contributed by atoms with Crippen molar-refractivity contribution in [2.75, 3.05) is 0 Å². The van der Waals surface area contributed by atoms with Crippen LogP contribution in [-0.4, -0.2) is 20.4 Å². The van der Waals surface area contributed by atoms with Crippen LogP contribution in [0.5, 0.6) is 5.75 Å². The smallest absolute Gasteiger partial charge is 0.371 e. The molecule has 1 amide bonds. The number of nitrogens with two attached hydrogens (primary N) is 1. The maximum atomic E-state index is 12.7. The topological polar surface area (TPSA) is 98.5 Å². The van der Waals surface area contributed by atoms with Crippen molar-refractivity contribution >= 4 is 16.2 Å². The van der Waals surface area contributed by atoms with Crippen molar-refractivity contribution in [2.45, 2.75) is 103 Å². The summed E-state index contributed by atoms with van der Waals surface area (Å²) in [5.74, 6) is 2.28. The molecular formula is C26H40N2O4S. The van der Waals surface area contributed by atoms with Crippen LogP contribution < -0.4 is 14.6 Å². The second kappa shape index (κ2) is 9.95. The normalized spacial score (nSPS) is 30.8. The number of rotatable bonds is 9. The molecule has 0 radical (unpaired) electrons. The lowest BCUT2D eigenvalue weighted by Gasteiger charge is -2.51. The summed E-state index contributed by atoms with van der Waals surface area (Å²) in [7, 11) is -4.01. The first-order valence-electron chi connectivity index (χ1n) is 12.9. The lowest BCUT2D eigenvalue weighted by atomic mass is 9.55. The van der Waals surface area contributed by atoms with Crippen molar-refractivity contribution in [1.29, 1.82) is 0 Å². The Kier molecular flexibility index (Phi) is 7.39. The van der Waals surface area contributed by atoms with Crippen molar-refractivity contribution in [3.8, 4) is 5.75 Å². The van der Waals surface area contributed by atoms with Crippen LogP contribution in [0.25, 0.3) is 0 Å². The number of nitrogens with one attached hydrogen (secondary N) is 1. The number of hydrogen-bond acceptors (Lipinski definition) is 4. The number of unbranched alkanes of at least 4 members (excludes halogenated alkanes) is 4. The van der Waals surface area contributed by atoms with E-state index < -0.39 is 10.3 Å². The van der Waals surface area contributed by atoms with Crippen LogP contribution in [0.4, 0.5) is 0 Å². The highest BCUT2D eigenvalue weighted by Gasteiger charge is 2.55. The first kappa shape index (κ1) is 24.5. The van der Waals surface area contributed by atoms with Crippen LogP contribution in [-0.2, 0) is 21.5 Å². The molecule has 5 atom stereocenters. The zero-order chi connectivity index (χ0) is 23.6. The molecule has 184 valence electrons. The standard InChI is InChI=1S/C26H40N2O4S/c1-3-4-5-6-7-8-25(29)28-24-14-13-23-22-11-9-18-17-19(32-33(27,30)31)10-12-20(18)21(22)15-16-26(23,24)2/h10,12,17,21-24H,3-9,11,13-16H2,1-2H3,(H,28,29)(H2,27,30,31)/t21?,22?,23?,24-,26?/m0/s1. The summed E-state index contributed by atoms with van der Waals surface area (Å²) in [6.07, 6.45) is 13.1. The molecule has 0 heterocycles. The molecule has 0 bridgehead atoms. The van der Waals surface area contributed by atoms with Gasteiger partial charge in [-0.05, 0) is 91.4 Å². The van der Waals surface area contributed by atoms with E-state index in [0.717, 1.165) is 44.9 Å². The van der Waals surface area contributed by atoms with Crippen LogP contribution in [0.2, 0.25) is 0 Å². The Labute approximate surface area is 199 Å². The lowest BCUT2D eigenvalue weighted by Crippen LogP contribution is -2.50. The van der Waals surface area contributed by atoms with Crippen molar-refractivity contribution in [3.63, 3.8) is 0 Å². The van der Waals surface area contributed by atoms with Crippen molar-refractivity contribution in [2.24, 2.45) is 22.4 Å². The molecule has 33 heavy (non-hydrogen) atoms. The number of carbonyl (C=O) groups excluding carboxylic acids is 1. The summed E-state index contributed by atoms with van der Waals surface area (Å²) in [5, 5.41) is 8.47. The fourth-order valence-electron chi connectivity index (χ4n) is 7.14. The van der Waals surface area contributed by atoms with Crippen molar-refractivity contribution < 1.29 is 17.4 Å². The maximum Gasteiger partial charge on any atom is 0.380 e. The van der Waals surface area contributed by atoms with Gasteiger partial charge in [0, 0.05) is 12.5 Å². The molecule has 1 aromatic rings. The molecule has 3 aliphatic rings. The average molecular weight is 477 g/mol. The molecule has 7 heteroatoms. The molecule has 4 unspecified atom stereocenters. The van der Waals surface area contributed by atoms with Crippen LogP contribution in [0.3, 0.4) is 0 Å². The Balaban J connectivity index is 1.39. The van der Waals surface area contributed by atoms with E-state index >= 15 is 0 Å². The van der Waals surface area contributed by atoms with E-state index in [4.69, 9.17) is 9.32 Å². The molecule has 2 saturated carbocycles. The van der Waals surface area contributed by atoms with Crippen LogP contribution in [0.15, 0.2) is 18.2 Å². The van der Waals surface area contributed by atoms with E-state index in [0.29, 0.717) is 36.0 Å². The van der Waals surface area contributed by atoms with Crippen LogP contribution in [0.1, 0.15) is 102 Å². The molecule has 3 aliphatic carbocycles. The Morgan fingerprint density at radius 3 is 2.70 bits per heavy atom. The van der Waals surface area contributed by atoms with Gasteiger partial charge in [0.1, 0.15) is 5.75 Å². The lowest BCUT2D eigenvalue weighted by molar-refractivity contribution is -0.123. The van der Waals surface area contributed by atoms with Gasteiger partial charge in [-0.15, -0.1) is 0 Å². The van der Waals surface area contributed by atoms with Gasteiger partial charge >= 0.3 is 10.3 Å². The van der Waals surface area contributed by atoms with E-state index in [-0.39, 0.29) is 11.3 Å². The highest BCUT2D eigenvalue weighted by Crippen LogP contribution is 2.61. The Bertz CT molecular complexity index is 963. The molecular weight excluding hydrogens is 436 g/mol. The SMILES string of the molecule is CCCCCCCC(=O)N[C@H]1CCC2C3CCc4cc(OS(N)(=O)=O)ccc4C3CCC21C. The monoisotopic (exact) mass is 476 g/mol. The van der Waals surface area contributed by atoms with Crippen molar-refractivity contribution in [1.82, 2.24) is 5.32 Å². The Morgan fingerprint density at radius 1 is 1.15 bits per heavy atom. The molecule has 0 aromatic heterocycles. The van der Waals surface area contributed by atoms with E-state index in [1.165, 1.54) is 36.8 Å². The van der Waals surface area contributed by atoms with Gasteiger partial charge in [-0.2, -0.15) is 13.6 Å². The summed E-state index contributed by atoms with van der Waals surface area (Å²) < 4.78 is 27.5. The van der Waals surface area contributed by atoms with Gasteiger partial charge in [0.15, 0.2) is 0 Å². The molecule has 0 spiro atoms. The highest BCUT2D eigenvalue weighted by molar-refractivity contribution is 7.84. The third kappa shape index (κ3) is 5.40. The molecule has 3 N–H and O–H groups in total. The summed E-state index contributed by atoms with van der Waals surface area (Å²) in [6, 6.07) is 5.92. The predicted molar refractivity (Wildman–Crippen MR) is 130 cm³/mol. The fourth-order valence-corrected chi connectivity index (χ4v) is 7.51. The van der Waals surface area contributed by atoms with E-state index in [1.54, 1.807) is 6.07 Å². The fraction of sp³-hybridized carbons (Fsp3) is 0.731. The summed E-state index contributed by atoms with van der Waals surface area (Å²) in [5.41, 5.74) is 2.70. The zero-order valence-corrected chi connectivity index (χ0v) is 21.0. The molecule has 6 nitrogen and oxygen atoms in total. The first-order valence-corrected chi connectivity index (χ1v) is 14.3. The third-order valence-corrected chi connectivity index (χ3v) is 9.18. The number of aryl methyl sites for hydroxylation is 1. The summed E-state index contributed by atoms with van der Waals surface area (Å²) in [4.78, 5) is 12.7. The number of carbonyl (C=O) groups is 1. The molecule has 4 rings (SSSR count). The van der Waals surface area contributed by atoms with Gasteiger partial charge in [0.25, 0.3) is 0 Å². The van der Waals surface area contributed by atoms with Gasteiger partial charge < -0.3 is 9.50 Å². The third-order valence-electron chi connectivity index (χ3n) is 8.75. The second-order valence-corrected chi connectivity index (χ2v) is 11.9. The van der Waals surface area contributed by atoms with Gasteiger partial charge in [-0.1, -0.05) is 45.6 Å². The molecule has 0 saturated heterocycles. The Morgan fingerprint density at radius 2 is 1.94 bits per heavy atom. The molecule has 0 aliphatic heterocycles. The number of benzene rings is 1. The number of fused-ring (bicyclic) bond motifs is 5. The van der Waals surface area contributed by atoms with E-state index in [2.05, 4.69) is 19.2 Å². The van der Waals surface area contributed by atoms with Crippen LogP contribution in [0, 0.1) is 17.3 Å². The Hall–Kier alpha value is -1.60.